The first-order chi connectivity index (χ1) is 18.6. The van der Waals surface area contributed by atoms with Crippen LogP contribution in [0.5, 0.6) is 0 Å². The van der Waals surface area contributed by atoms with E-state index in [1.807, 2.05) is 30.3 Å². The van der Waals surface area contributed by atoms with Gasteiger partial charge in [0.25, 0.3) is 0 Å². The summed E-state index contributed by atoms with van der Waals surface area (Å²) in [6.45, 7) is 4.92. The van der Waals surface area contributed by atoms with Gasteiger partial charge in [0.2, 0.25) is 6.41 Å². The zero-order chi connectivity index (χ0) is 26.2. The Morgan fingerprint density at radius 2 is 2.26 bits per heavy atom. The molecule has 0 amide bonds. The molecule has 0 spiro atoms. The summed E-state index contributed by atoms with van der Waals surface area (Å²) in [6, 6.07) is 4.07. The summed E-state index contributed by atoms with van der Waals surface area (Å²) >= 11 is 0. The van der Waals surface area contributed by atoms with Crippen LogP contribution in [0.4, 0.5) is 0 Å². The molecule has 0 aromatic carbocycles. The summed E-state index contributed by atoms with van der Waals surface area (Å²) in [7, 11) is 0. The second kappa shape index (κ2) is 13.3. The molecule has 1 aromatic rings. The third-order valence-electron chi connectivity index (χ3n) is 7.08. The van der Waals surface area contributed by atoms with Crippen molar-refractivity contribution in [2.75, 3.05) is 26.4 Å². The van der Waals surface area contributed by atoms with Crippen LogP contribution in [0.2, 0.25) is 0 Å². The first kappa shape index (κ1) is 26.7. The number of pyridine rings is 1. The second-order valence-corrected chi connectivity index (χ2v) is 10.2. The first-order valence-electron chi connectivity index (χ1n) is 13.4. The Hall–Kier alpha value is -2.90. The van der Waals surface area contributed by atoms with Crippen LogP contribution in [-0.4, -0.2) is 83.5 Å². The number of aliphatic hydroxyl groups is 1. The van der Waals surface area contributed by atoms with E-state index in [1.54, 1.807) is 18.6 Å². The van der Waals surface area contributed by atoms with Crippen LogP contribution in [0.15, 0.2) is 52.1 Å². The number of nitrogens with zero attached hydrogens (tertiary/aromatic N) is 5. The van der Waals surface area contributed by atoms with E-state index in [0.29, 0.717) is 32.2 Å². The number of aliphatic imine (C=N–C) groups is 1. The highest BCUT2D eigenvalue weighted by atomic mass is 16.6. The van der Waals surface area contributed by atoms with Crippen LogP contribution in [-0.2, 0) is 20.8 Å². The van der Waals surface area contributed by atoms with Gasteiger partial charge < -0.3 is 30.1 Å². The van der Waals surface area contributed by atoms with Gasteiger partial charge >= 0.3 is 0 Å². The largest absolute Gasteiger partial charge is 0.379 e. The molecule has 1 aliphatic carbocycles. The van der Waals surface area contributed by atoms with Gasteiger partial charge in [0.15, 0.2) is 0 Å². The Morgan fingerprint density at radius 1 is 1.32 bits per heavy atom. The smallest absolute Gasteiger partial charge is 0.214 e. The number of rotatable bonds is 10. The van der Waals surface area contributed by atoms with Crippen molar-refractivity contribution in [2.45, 2.75) is 70.2 Å². The molecule has 3 aliphatic heterocycles. The summed E-state index contributed by atoms with van der Waals surface area (Å²) in [5.41, 5.74) is 5.19. The normalized spacial score (nSPS) is 28.3. The molecular weight excluding hydrogens is 488 g/mol. The number of ether oxygens (including phenoxy) is 3. The third-order valence-corrected chi connectivity index (χ3v) is 7.08. The standard InChI is InChI=1S/C26H38N8O4/c1-18(16-37-22-6-10-36-17-22)33-34-9-8-28-25(15-34)30-24-12-23(31-32-24)20-4-5-21(11-20)38-26(35)29-14-19-3-2-7-27-13-19/h2-3,7-9,13,20-23,26,29,31,35H,4-6,10-12,14-17H2,1H3,(H,28,30,32)/b33-18+/t20-,21+,22?,23?,26?/m0/s1. The Bertz CT molecular complexity index is 1030. The van der Waals surface area contributed by atoms with Gasteiger partial charge in [0, 0.05) is 44.4 Å². The summed E-state index contributed by atoms with van der Waals surface area (Å²) < 4.78 is 17.0. The zero-order valence-electron chi connectivity index (χ0n) is 21.8. The minimum absolute atomic E-state index is 0.0166. The summed E-state index contributed by atoms with van der Waals surface area (Å²) in [5, 5.41) is 27.6. The van der Waals surface area contributed by atoms with Crippen LogP contribution < -0.4 is 16.1 Å². The third kappa shape index (κ3) is 7.81. The van der Waals surface area contributed by atoms with E-state index < -0.39 is 6.41 Å². The molecule has 5 rings (SSSR count). The van der Waals surface area contributed by atoms with Crippen molar-refractivity contribution in [1.82, 2.24) is 26.1 Å². The quantitative estimate of drug-likeness (QED) is 0.262. The maximum atomic E-state index is 10.3. The fourth-order valence-electron chi connectivity index (χ4n) is 5.10. The maximum absolute atomic E-state index is 10.3. The van der Waals surface area contributed by atoms with E-state index in [1.165, 1.54) is 0 Å². The predicted molar refractivity (Wildman–Crippen MR) is 143 cm³/mol. The molecule has 2 fully saturated rings. The van der Waals surface area contributed by atoms with E-state index in [9.17, 15) is 5.11 Å². The van der Waals surface area contributed by atoms with Crippen LogP contribution in [0, 0.1) is 5.92 Å². The lowest BCUT2D eigenvalue weighted by molar-refractivity contribution is -0.153. The van der Waals surface area contributed by atoms with Gasteiger partial charge in [-0.05, 0) is 50.2 Å². The molecule has 0 bridgehead atoms. The average molecular weight is 527 g/mol. The Balaban J connectivity index is 1.00. The molecule has 5 atom stereocenters. The molecule has 4 N–H and O–H groups in total. The summed E-state index contributed by atoms with van der Waals surface area (Å²) in [6.07, 6.45) is 10.8. The lowest BCUT2D eigenvalue weighted by Crippen LogP contribution is -2.39. The van der Waals surface area contributed by atoms with Crippen LogP contribution in [0.3, 0.4) is 0 Å². The second-order valence-electron chi connectivity index (χ2n) is 10.2. The van der Waals surface area contributed by atoms with Gasteiger partial charge in [-0.2, -0.15) is 10.2 Å². The van der Waals surface area contributed by atoms with Gasteiger partial charge in [-0.25, -0.2) is 4.99 Å². The number of aromatic nitrogens is 1. The van der Waals surface area contributed by atoms with Crippen LogP contribution in [0.1, 0.15) is 44.6 Å². The average Bonchev–Trinajstić information content (AvgIpc) is 3.70. The van der Waals surface area contributed by atoms with Crippen molar-refractivity contribution < 1.29 is 19.3 Å². The molecule has 1 saturated heterocycles. The minimum Gasteiger partial charge on any atom is -0.379 e. The van der Waals surface area contributed by atoms with Crippen molar-refractivity contribution in [2.24, 2.45) is 21.1 Å². The maximum Gasteiger partial charge on any atom is 0.214 e. The highest BCUT2D eigenvalue weighted by Gasteiger charge is 2.35. The first-order valence-corrected chi connectivity index (χ1v) is 13.4. The van der Waals surface area contributed by atoms with Crippen molar-refractivity contribution in [1.29, 1.82) is 0 Å². The van der Waals surface area contributed by atoms with Gasteiger partial charge in [0.1, 0.15) is 11.7 Å². The predicted octanol–water partition coefficient (Wildman–Crippen LogP) is 1.26. The highest BCUT2D eigenvalue weighted by molar-refractivity contribution is 6.02. The molecule has 4 aliphatic rings. The molecule has 3 unspecified atom stereocenters. The number of hydrogen-bond donors (Lipinski definition) is 4. The Morgan fingerprint density at radius 3 is 3.11 bits per heavy atom. The molecule has 0 radical (unpaired) electrons. The van der Waals surface area contributed by atoms with E-state index in [4.69, 9.17) is 14.2 Å². The van der Waals surface area contributed by atoms with Gasteiger partial charge in [-0.15, -0.1) is 0 Å². The van der Waals surface area contributed by atoms with E-state index in [0.717, 1.165) is 61.7 Å². The van der Waals surface area contributed by atoms with Gasteiger partial charge in [-0.3, -0.25) is 15.3 Å². The molecule has 206 valence electrons. The number of hydrazone groups is 2. The van der Waals surface area contributed by atoms with Crippen molar-refractivity contribution in [3.8, 4) is 0 Å². The number of hydrogen-bond acceptors (Lipinski definition) is 12. The lowest BCUT2D eigenvalue weighted by Gasteiger charge is -2.22. The zero-order valence-corrected chi connectivity index (χ0v) is 21.8. The monoisotopic (exact) mass is 526 g/mol. The molecule has 1 aromatic heterocycles. The van der Waals surface area contributed by atoms with E-state index in [-0.39, 0.29) is 18.2 Å². The molecule has 12 heteroatoms. The number of aliphatic hydroxyl groups excluding tert-OH is 1. The molecule has 4 heterocycles. The Kier molecular flexibility index (Phi) is 9.31. The van der Waals surface area contributed by atoms with Crippen molar-refractivity contribution in [3.05, 3.63) is 42.5 Å². The van der Waals surface area contributed by atoms with E-state index in [2.05, 4.69) is 36.2 Å². The Labute approximate surface area is 223 Å². The van der Waals surface area contributed by atoms with Crippen molar-refractivity contribution in [3.63, 3.8) is 0 Å². The SMILES string of the molecule is C/C(COC1CCOC1)=N\N1C=CN=C(NC2=NNC([C@H]3CC[C@@H](OC(O)NCc4cccnc4)C3)C2)C1. The fraction of sp³-hybridized carbons (Fsp3) is 0.615. The summed E-state index contributed by atoms with van der Waals surface area (Å²) in [4.78, 5) is 8.55. The topological polar surface area (TPSA) is 137 Å². The lowest BCUT2D eigenvalue weighted by atomic mass is 9.96. The van der Waals surface area contributed by atoms with Crippen LogP contribution >= 0.6 is 0 Å². The van der Waals surface area contributed by atoms with Gasteiger partial charge in [-0.1, -0.05) is 6.07 Å². The van der Waals surface area contributed by atoms with Crippen LogP contribution in [0.25, 0.3) is 0 Å². The summed E-state index contributed by atoms with van der Waals surface area (Å²) in [5.74, 6) is 2.10. The number of amidine groups is 2. The van der Waals surface area contributed by atoms with Crippen molar-refractivity contribution >= 4 is 17.4 Å². The highest BCUT2D eigenvalue weighted by Crippen LogP contribution is 2.33. The fourth-order valence-corrected chi connectivity index (χ4v) is 5.10. The number of nitrogens with one attached hydrogen (secondary N) is 3. The van der Waals surface area contributed by atoms with Gasteiger partial charge in [0.05, 0.1) is 43.7 Å². The molecule has 38 heavy (non-hydrogen) atoms. The minimum atomic E-state index is -1.00. The molecular formula is C26H38N8O4. The van der Waals surface area contributed by atoms with E-state index >= 15 is 0 Å². The molecule has 1 saturated carbocycles. The molecule has 12 nitrogen and oxygen atoms in total.